The third-order valence-electron chi connectivity index (χ3n) is 3.28. The third kappa shape index (κ3) is 3.11. The Kier molecular flexibility index (Phi) is 4.63. The van der Waals surface area contributed by atoms with Crippen molar-refractivity contribution in [1.82, 2.24) is 9.88 Å². The summed E-state index contributed by atoms with van der Waals surface area (Å²) in [5, 5.41) is 0. The number of hydrogen-bond donors (Lipinski definition) is 0. The van der Waals surface area contributed by atoms with E-state index in [-0.39, 0.29) is 0 Å². The predicted octanol–water partition coefficient (Wildman–Crippen LogP) is 2.35. The molecule has 1 aliphatic heterocycles. The molecule has 17 heavy (non-hydrogen) atoms. The van der Waals surface area contributed by atoms with Gasteiger partial charge in [0, 0.05) is 38.3 Å². The lowest BCUT2D eigenvalue weighted by Crippen LogP contribution is -2.46. The van der Waals surface area contributed by atoms with Crippen LogP contribution in [0.15, 0.2) is 18.5 Å². The molecule has 94 valence electrons. The van der Waals surface area contributed by atoms with Gasteiger partial charge in [0.1, 0.15) is 0 Å². The average molecular weight is 254 g/mol. The minimum absolute atomic E-state index is 0.563. The lowest BCUT2D eigenvalue weighted by Gasteiger charge is -2.36. The zero-order valence-corrected chi connectivity index (χ0v) is 11.2. The van der Waals surface area contributed by atoms with Gasteiger partial charge in [0.25, 0.3) is 0 Å². The Morgan fingerprint density at radius 3 is 2.71 bits per heavy atom. The normalized spacial score (nSPS) is 17.4. The van der Waals surface area contributed by atoms with Crippen LogP contribution < -0.4 is 4.90 Å². The lowest BCUT2D eigenvalue weighted by molar-refractivity contribution is 0.258. The van der Waals surface area contributed by atoms with Gasteiger partial charge < -0.3 is 4.90 Å². The largest absolute Gasteiger partial charge is 0.367 e. The van der Waals surface area contributed by atoms with Gasteiger partial charge in [-0.2, -0.15) is 0 Å². The smallest absolute Gasteiger partial charge is 0.0598 e. The van der Waals surface area contributed by atoms with Gasteiger partial charge >= 0.3 is 0 Å². The van der Waals surface area contributed by atoms with Crippen molar-refractivity contribution < 1.29 is 0 Å². The molecular formula is C13H20ClN3. The molecule has 0 saturated carbocycles. The highest BCUT2D eigenvalue weighted by Crippen LogP contribution is 2.22. The van der Waals surface area contributed by atoms with Gasteiger partial charge in [-0.25, -0.2) is 0 Å². The van der Waals surface area contributed by atoms with Gasteiger partial charge in [-0.3, -0.25) is 9.88 Å². The van der Waals surface area contributed by atoms with Crippen LogP contribution in [0.2, 0.25) is 0 Å². The molecule has 0 aliphatic carbocycles. The second-order valence-electron chi connectivity index (χ2n) is 4.47. The lowest BCUT2D eigenvalue weighted by atomic mass is 10.2. The average Bonchev–Trinajstić information content (AvgIpc) is 2.40. The van der Waals surface area contributed by atoms with E-state index >= 15 is 0 Å². The Labute approximate surface area is 108 Å². The van der Waals surface area contributed by atoms with E-state index in [1.165, 1.54) is 24.2 Å². The maximum Gasteiger partial charge on any atom is 0.0598 e. The van der Waals surface area contributed by atoms with Crippen molar-refractivity contribution in [1.29, 1.82) is 0 Å². The molecule has 1 aliphatic rings. The SMILES string of the molecule is CCCN1CCN(c2cnccc2CCl)CC1. The van der Waals surface area contributed by atoms with E-state index in [0.717, 1.165) is 26.2 Å². The molecule has 1 fully saturated rings. The minimum atomic E-state index is 0.563. The summed E-state index contributed by atoms with van der Waals surface area (Å²) in [6, 6.07) is 2.01. The van der Waals surface area contributed by atoms with Crippen molar-refractivity contribution in [3.63, 3.8) is 0 Å². The van der Waals surface area contributed by atoms with Gasteiger partial charge in [-0.15, -0.1) is 11.6 Å². The summed E-state index contributed by atoms with van der Waals surface area (Å²) in [5.74, 6) is 0.563. The Hall–Kier alpha value is -0.800. The van der Waals surface area contributed by atoms with Crippen LogP contribution in [0.1, 0.15) is 18.9 Å². The number of anilines is 1. The molecule has 0 spiro atoms. The van der Waals surface area contributed by atoms with Crippen LogP contribution in [0, 0.1) is 0 Å². The van der Waals surface area contributed by atoms with Crippen LogP contribution in [0.4, 0.5) is 5.69 Å². The molecule has 0 N–H and O–H groups in total. The van der Waals surface area contributed by atoms with Crippen molar-refractivity contribution in [3.05, 3.63) is 24.0 Å². The first kappa shape index (κ1) is 12.7. The number of alkyl halides is 1. The van der Waals surface area contributed by atoms with Crippen molar-refractivity contribution in [2.75, 3.05) is 37.6 Å². The summed E-state index contributed by atoms with van der Waals surface area (Å²) >= 11 is 5.96. The summed E-state index contributed by atoms with van der Waals surface area (Å²) in [7, 11) is 0. The van der Waals surface area contributed by atoms with Gasteiger partial charge in [-0.1, -0.05) is 6.92 Å². The summed E-state index contributed by atoms with van der Waals surface area (Å²) in [6.07, 6.45) is 4.99. The fraction of sp³-hybridized carbons (Fsp3) is 0.615. The first-order valence-corrected chi connectivity index (χ1v) is 6.84. The molecule has 1 aromatic rings. The Bertz CT molecular complexity index is 348. The number of aromatic nitrogens is 1. The number of nitrogens with zero attached hydrogens (tertiary/aromatic N) is 3. The van der Waals surface area contributed by atoms with E-state index in [1.807, 2.05) is 18.5 Å². The summed E-state index contributed by atoms with van der Waals surface area (Å²) in [4.78, 5) is 9.13. The summed E-state index contributed by atoms with van der Waals surface area (Å²) < 4.78 is 0. The second-order valence-corrected chi connectivity index (χ2v) is 4.73. The van der Waals surface area contributed by atoms with Crippen LogP contribution in [0.3, 0.4) is 0 Å². The highest BCUT2D eigenvalue weighted by atomic mass is 35.5. The third-order valence-corrected chi connectivity index (χ3v) is 3.57. The number of halogens is 1. The Morgan fingerprint density at radius 1 is 1.29 bits per heavy atom. The number of rotatable bonds is 4. The molecule has 1 saturated heterocycles. The van der Waals surface area contributed by atoms with Gasteiger partial charge in [0.2, 0.25) is 0 Å². The predicted molar refractivity (Wildman–Crippen MR) is 72.7 cm³/mol. The molecule has 1 aromatic heterocycles. The summed E-state index contributed by atoms with van der Waals surface area (Å²) in [5.41, 5.74) is 2.39. The maximum absolute atomic E-state index is 5.96. The van der Waals surface area contributed by atoms with E-state index in [0.29, 0.717) is 5.88 Å². The van der Waals surface area contributed by atoms with Crippen molar-refractivity contribution in [2.24, 2.45) is 0 Å². The summed E-state index contributed by atoms with van der Waals surface area (Å²) in [6.45, 7) is 7.89. The highest BCUT2D eigenvalue weighted by molar-refractivity contribution is 6.17. The Balaban J connectivity index is 2.00. The standard InChI is InChI=1S/C13H20ClN3/c1-2-5-16-6-8-17(9-7-16)13-11-15-4-3-12(13)10-14/h3-4,11H,2,5-10H2,1H3. The monoisotopic (exact) mass is 253 g/mol. The second kappa shape index (κ2) is 6.22. The quantitative estimate of drug-likeness (QED) is 0.768. The molecule has 0 bridgehead atoms. The zero-order valence-electron chi connectivity index (χ0n) is 10.4. The number of pyridine rings is 1. The molecule has 2 rings (SSSR count). The minimum Gasteiger partial charge on any atom is -0.367 e. The van der Waals surface area contributed by atoms with Crippen molar-refractivity contribution in [3.8, 4) is 0 Å². The first-order chi connectivity index (χ1) is 8.35. The van der Waals surface area contributed by atoms with E-state index in [1.54, 1.807) is 0 Å². The maximum atomic E-state index is 5.96. The molecule has 3 nitrogen and oxygen atoms in total. The van der Waals surface area contributed by atoms with Gasteiger partial charge in [0.15, 0.2) is 0 Å². The molecule has 0 unspecified atom stereocenters. The van der Waals surface area contributed by atoms with Crippen LogP contribution in [-0.2, 0) is 5.88 Å². The van der Waals surface area contributed by atoms with Crippen LogP contribution in [0.5, 0.6) is 0 Å². The topological polar surface area (TPSA) is 19.4 Å². The van der Waals surface area contributed by atoms with E-state index in [4.69, 9.17) is 11.6 Å². The van der Waals surface area contributed by atoms with E-state index < -0.39 is 0 Å². The Morgan fingerprint density at radius 2 is 2.06 bits per heavy atom. The molecule has 0 amide bonds. The van der Waals surface area contributed by atoms with Crippen molar-refractivity contribution >= 4 is 17.3 Å². The van der Waals surface area contributed by atoms with Crippen LogP contribution in [-0.4, -0.2) is 42.6 Å². The molecular weight excluding hydrogens is 234 g/mol. The van der Waals surface area contributed by atoms with E-state index in [9.17, 15) is 0 Å². The first-order valence-electron chi connectivity index (χ1n) is 6.31. The van der Waals surface area contributed by atoms with Crippen LogP contribution in [0.25, 0.3) is 0 Å². The fourth-order valence-corrected chi connectivity index (χ4v) is 2.57. The molecule has 4 heteroatoms. The van der Waals surface area contributed by atoms with Gasteiger partial charge in [-0.05, 0) is 24.6 Å². The highest BCUT2D eigenvalue weighted by Gasteiger charge is 2.18. The number of piperazine rings is 1. The molecule has 0 radical (unpaired) electrons. The number of hydrogen-bond acceptors (Lipinski definition) is 3. The van der Waals surface area contributed by atoms with Crippen molar-refractivity contribution in [2.45, 2.75) is 19.2 Å². The van der Waals surface area contributed by atoms with Gasteiger partial charge in [0.05, 0.1) is 11.9 Å². The van der Waals surface area contributed by atoms with Crippen LogP contribution >= 0.6 is 11.6 Å². The molecule has 2 heterocycles. The molecule has 0 aromatic carbocycles. The fourth-order valence-electron chi connectivity index (χ4n) is 2.34. The zero-order chi connectivity index (χ0) is 12.1. The van der Waals surface area contributed by atoms with E-state index in [2.05, 4.69) is 21.7 Å². The molecule has 0 atom stereocenters.